The summed E-state index contributed by atoms with van der Waals surface area (Å²) in [5.74, 6) is -3.56. The average Bonchev–Trinajstić information content (AvgIpc) is 3.97. The summed E-state index contributed by atoms with van der Waals surface area (Å²) in [6.07, 6.45) is 5.03. The number of benzene rings is 1. The van der Waals surface area contributed by atoms with Crippen LogP contribution < -0.4 is 26.1 Å². The molecule has 0 bridgehead atoms. The zero-order chi connectivity index (χ0) is 46.4. The fourth-order valence-electron chi connectivity index (χ4n) is 11.5. The van der Waals surface area contributed by atoms with Crippen LogP contribution in [0.2, 0.25) is 0 Å². The first-order valence-corrected chi connectivity index (χ1v) is 23.2. The number of piperidine rings is 2. The van der Waals surface area contributed by atoms with Crippen molar-refractivity contribution in [1.82, 2.24) is 48.6 Å². The van der Waals surface area contributed by atoms with Gasteiger partial charge in [0.1, 0.15) is 17.4 Å². The summed E-state index contributed by atoms with van der Waals surface area (Å²) in [4.78, 5) is 64.2. The van der Waals surface area contributed by atoms with Gasteiger partial charge in [-0.25, -0.2) is 31.9 Å². The van der Waals surface area contributed by atoms with Crippen LogP contribution in [0.4, 0.5) is 34.8 Å². The lowest BCUT2D eigenvalue weighted by molar-refractivity contribution is -0.135. The highest BCUT2D eigenvalue weighted by Crippen LogP contribution is 2.41. The molecule has 356 valence electrons. The van der Waals surface area contributed by atoms with E-state index in [4.69, 9.17) is 4.74 Å². The average molecular weight is 932 g/mol. The van der Waals surface area contributed by atoms with Crippen molar-refractivity contribution in [3.8, 4) is 0 Å². The van der Waals surface area contributed by atoms with Crippen LogP contribution in [0.15, 0.2) is 47.7 Å². The Kier molecular flexibility index (Phi) is 10.9. The van der Waals surface area contributed by atoms with Crippen molar-refractivity contribution in [2.75, 3.05) is 87.2 Å². The lowest BCUT2D eigenvalue weighted by Gasteiger charge is -2.55. The number of para-hydroxylation sites is 1. The predicted molar refractivity (Wildman–Crippen MR) is 237 cm³/mol. The van der Waals surface area contributed by atoms with Crippen LogP contribution in [0, 0.1) is 11.3 Å². The Labute approximate surface area is 381 Å². The third-order valence-electron chi connectivity index (χ3n) is 15.1. The molecule has 1 spiro atoms. The molecular formula is C45H53F4N13O5. The van der Waals surface area contributed by atoms with Crippen molar-refractivity contribution in [2.45, 2.75) is 75.4 Å². The number of piperazine rings is 1. The van der Waals surface area contributed by atoms with E-state index >= 15 is 8.78 Å². The van der Waals surface area contributed by atoms with Crippen molar-refractivity contribution in [1.29, 1.82) is 0 Å². The van der Waals surface area contributed by atoms with Gasteiger partial charge in [-0.15, -0.1) is 0 Å². The van der Waals surface area contributed by atoms with E-state index < -0.39 is 41.9 Å². The van der Waals surface area contributed by atoms with Gasteiger partial charge in [0.25, 0.3) is 18.3 Å². The number of anilines is 3. The number of likely N-dealkylation sites (tertiary alicyclic amines) is 1. The number of rotatable bonds is 10. The monoisotopic (exact) mass is 931 g/mol. The zero-order valence-electron chi connectivity index (χ0n) is 37.1. The number of hydrogen-bond donors (Lipinski definition) is 2. The normalized spacial score (nSPS) is 25.8. The maximum atomic E-state index is 16.1. The highest BCUT2D eigenvalue weighted by molar-refractivity contribution is 6.08. The van der Waals surface area contributed by atoms with Gasteiger partial charge < -0.3 is 19.9 Å². The highest BCUT2D eigenvalue weighted by Gasteiger charge is 2.50. The lowest BCUT2D eigenvalue weighted by Crippen LogP contribution is -2.66. The summed E-state index contributed by atoms with van der Waals surface area (Å²) in [5.41, 5.74) is 1.70. The van der Waals surface area contributed by atoms with Crippen LogP contribution in [-0.2, 0) is 21.4 Å². The van der Waals surface area contributed by atoms with Gasteiger partial charge >= 0.3 is 5.69 Å². The number of aromatic nitrogens is 7. The number of halogens is 4. The Bertz CT molecular complexity index is 2790. The maximum absolute atomic E-state index is 16.1. The van der Waals surface area contributed by atoms with E-state index in [9.17, 15) is 28.0 Å². The Morgan fingerprint density at radius 3 is 2.43 bits per heavy atom. The maximum Gasteiger partial charge on any atom is 0.329 e. The quantitative estimate of drug-likeness (QED) is 0.153. The smallest absolute Gasteiger partial charge is 0.329 e. The van der Waals surface area contributed by atoms with Gasteiger partial charge in [0.2, 0.25) is 11.8 Å². The van der Waals surface area contributed by atoms with Gasteiger partial charge in [-0.3, -0.25) is 43.3 Å². The summed E-state index contributed by atoms with van der Waals surface area (Å²) in [7, 11) is 1.66. The van der Waals surface area contributed by atoms with Crippen molar-refractivity contribution in [2.24, 2.45) is 18.4 Å². The molecule has 9 heterocycles. The number of ether oxygens (including phenoxy) is 1. The molecule has 22 heteroatoms. The first kappa shape index (κ1) is 43.7. The number of nitrogens with zero attached hydrogens (tertiary/aromatic N) is 11. The van der Waals surface area contributed by atoms with Crippen LogP contribution in [0.1, 0.15) is 79.5 Å². The fraction of sp³-hybridized carbons (Fsp3) is 0.578. The Balaban J connectivity index is 0.680. The van der Waals surface area contributed by atoms with Crippen molar-refractivity contribution < 1.29 is 36.7 Å². The third-order valence-corrected chi connectivity index (χ3v) is 15.1. The molecule has 67 heavy (non-hydrogen) atoms. The van der Waals surface area contributed by atoms with Crippen LogP contribution in [0.5, 0.6) is 0 Å². The topological polar surface area (TPSA) is 172 Å². The fourth-order valence-corrected chi connectivity index (χ4v) is 11.5. The molecule has 6 fully saturated rings. The molecule has 4 aromatic heterocycles. The highest BCUT2D eigenvalue weighted by atomic mass is 19.3. The van der Waals surface area contributed by atoms with Crippen molar-refractivity contribution >= 4 is 51.6 Å². The molecule has 1 aromatic carbocycles. The van der Waals surface area contributed by atoms with Crippen LogP contribution in [-0.4, -0.2) is 145 Å². The van der Waals surface area contributed by atoms with Crippen LogP contribution in [0.25, 0.3) is 16.7 Å². The van der Waals surface area contributed by atoms with Gasteiger partial charge in [-0.1, -0.05) is 6.07 Å². The number of imide groups is 1. The second-order valence-corrected chi connectivity index (χ2v) is 19.4. The Morgan fingerprint density at radius 1 is 0.955 bits per heavy atom. The van der Waals surface area contributed by atoms with Gasteiger partial charge in [0.05, 0.1) is 65.9 Å². The van der Waals surface area contributed by atoms with E-state index in [0.29, 0.717) is 81.0 Å². The Morgan fingerprint density at radius 2 is 1.73 bits per heavy atom. The minimum absolute atomic E-state index is 0.0788. The molecule has 0 radical (unpaired) electrons. The SMILES string of the molecule is Cn1c(=O)n(C2CCC(=O)NC2=O)c2cccc(N3CCN([C@@H]4CCN(CC5CCC(n6cc(NC(=O)c7cnn8ccc(N9CC%10(COC%10)C9)nc78)c(C(F)F)n6)CC5)CC4(F)F)CC3)c21. The first-order chi connectivity index (χ1) is 32.2. The van der Waals surface area contributed by atoms with E-state index in [1.807, 2.05) is 28.0 Å². The van der Waals surface area contributed by atoms with Gasteiger partial charge in [0.15, 0.2) is 11.3 Å². The van der Waals surface area contributed by atoms with Crippen LogP contribution >= 0.6 is 0 Å². The molecule has 5 aliphatic heterocycles. The molecule has 1 saturated carbocycles. The number of fused-ring (bicyclic) bond motifs is 2. The standard InChI is InChI=1S/C45H53F4N13O5/c1-55-38-31(3-2-4-32(38)62(43(55)66)33-9-10-36(63)53-42(33)65)57-15-17-58(18-16-57)34-11-13-56(24-45(34,48)49)20-27-5-7-28(8-6-27)61-21-30(37(54-61)39(46)47)51-41(64)29-19-50-60-14-12-35(52-40(29)60)59-22-44(23-59)25-67-26-44/h2-4,12,14,19,21,27-28,33-34,39H,5-11,13,15-18,20,22-26H2,1H3,(H,51,64)(H,53,63,65)/t27?,28?,33?,34-/m1/s1. The number of carbonyl (C=O) groups is 3. The van der Waals surface area contributed by atoms with E-state index in [1.54, 1.807) is 19.3 Å². The predicted octanol–water partition coefficient (Wildman–Crippen LogP) is 3.85. The molecule has 18 nitrogen and oxygen atoms in total. The Hall–Kier alpha value is -5.87. The second kappa shape index (κ2) is 16.7. The van der Waals surface area contributed by atoms with Crippen LogP contribution in [0.3, 0.4) is 0 Å². The molecule has 5 aromatic rings. The van der Waals surface area contributed by atoms with Gasteiger partial charge in [-0.05, 0) is 62.6 Å². The van der Waals surface area contributed by atoms with Crippen molar-refractivity contribution in [3.63, 3.8) is 0 Å². The number of carbonyl (C=O) groups excluding carboxylic acids is 3. The molecule has 1 unspecified atom stereocenters. The summed E-state index contributed by atoms with van der Waals surface area (Å²) in [5, 5.41) is 13.5. The minimum Gasteiger partial charge on any atom is -0.380 e. The first-order valence-electron chi connectivity index (χ1n) is 23.2. The summed E-state index contributed by atoms with van der Waals surface area (Å²) >= 11 is 0. The lowest BCUT2D eigenvalue weighted by atomic mass is 9.78. The van der Waals surface area contributed by atoms with E-state index in [0.717, 1.165) is 44.8 Å². The minimum atomic E-state index is -2.94. The second-order valence-electron chi connectivity index (χ2n) is 19.4. The number of nitrogens with one attached hydrogen (secondary N) is 2. The van der Waals surface area contributed by atoms with Gasteiger partial charge in [-0.2, -0.15) is 10.2 Å². The van der Waals surface area contributed by atoms with E-state index in [-0.39, 0.29) is 59.6 Å². The number of aryl methyl sites for hydroxylation is 1. The molecule has 5 saturated heterocycles. The zero-order valence-corrected chi connectivity index (χ0v) is 37.1. The number of amides is 3. The molecular weight excluding hydrogens is 879 g/mol. The summed E-state index contributed by atoms with van der Waals surface area (Å²) < 4.78 is 72.1. The van der Waals surface area contributed by atoms with Gasteiger partial charge in [0, 0.05) is 78.2 Å². The molecule has 11 rings (SSSR count). The third kappa shape index (κ3) is 7.83. The largest absolute Gasteiger partial charge is 0.380 e. The summed E-state index contributed by atoms with van der Waals surface area (Å²) in [6.45, 7) is 5.58. The van der Waals surface area contributed by atoms with Crippen molar-refractivity contribution in [3.05, 3.63) is 64.6 Å². The van der Waals surface area contributed by atoms with E-state index in [2.05, 4.69) is 35.6 Å². The van der Waals surface area contributed by atoms with E-state index in [1.165, 1.54) is 30.7 Å². The number of hydrogen-bond acceptors (Lipinski definition) is 12. The molecule has 2 N–H and O–H groups in total. The number of imidazole rings is 1. The molecule has 2 atom stereocenters. The molecule has 1 aliphatic carbocycles. The molecule has 3 amide bonds. The number of alkyl halides is 4. The summed E-state index contributed by atoms with van der Waals surface area (Å²) in [6, 6.07) is 5.46. The molecule has 6 aliphatic rings.